The van der Waals surface area contributed by atoms with Crippen molar-refractivity contribution in [1.82, 2.24) is 14.7 Å². The normalized spacial score (nSPS) is 19.4. The van der Waals surface area contributed by atoms with E-state index in [1.165, 1.54) is 0 Å². The van der Waals surface area contributed by atoms with E-state index in [2.05, 4.69) is 5.10 Å². The minimum Gasteiger partial charge on any atom is -0.388 e. The molecule has 1 aromatic heterocycles. The van der Waals surface area contributed by atoms with Crippen LogP contribution in [0.3, 0.4) is 0 Å². The second kappa shape index (κ2) is 8.30. The van der Waals surface area contributed by atoms with Gasteiger partial charge in [0.2, 0.25) is 5.91 Å². The van der Waals surface area contributed by atoms with Crippen LogP contribution in [-0.2, 0) is 18.3 Å². The van der Waals surface area contributed by atoms with Crippen molar-refractivity contribution in [2.45, 2.75) is 50.7 Å². The average molecular weight is 341 g/mol. The van der Waals surface area contributed by atoms with Crippen LogP contribution >= 0.6 is 0 Å². The number of aromatic nitrogens is 2. The van der Waals surface area contributed by atoms with E-state index in [9.17, 15) is 9.90 Å². The zero-order chi connectivity index (χ0) is 17.6. The maximum absolute atomic E-state index is 12.9. The van der Waals surface area contributed by atoms with Gasteiger partial charge in [-0.05, 0) is 30.4 Å². The van der Waals surface area contributed by atoms with E-state index < -0.39 is 6.10 Å². The summed E-state index contributed by atoms with van der Waals surface area (Å²) >= 11 is 0. The highest BCUT2D eigenvalue weighted by molar-refractivity contribution is 5.79. The maximum Gasteiger partial charge on any atom is 0.227 e. The Labute approximate surface area is 149 Å². The Morgan fingerprint density at radius 2 is 2.08 bits per heavy atom. The highest BCUT2D eigenvalue weighted by Crippen LogP contribution is 2.27. The van der Waals surface area contributed by atoms with Gasteiger partial charge in [0, 0.05) is 25.8 Å². The van der Waals surface area contributed by atoms with Crippen molar-refractivity contribution in [3.8, 4) is 0 Å². The molecule has 1 aliphatic heterocycles. The number of aliphatic hydroxyl groups excluding tert-OH is 1. The molecule has 5 nitrogen and oxygen atoms in total. The number of aryl methyl sites for hydroxylation is 1. The van der Waals surface area contributed by atoms with Crippen LogP contribution in [0.15, 0.2) is 42.7 Å². The number of hydrogen-bond acceptors (Lipinski definition) is 3. The lowest BCUT2D eigenvalue weighted by Gasteiger charge is -2.31. The molecule has 134 valence electrons. The predicted molar refractivity (Wildman–Crippen MR) is 96.9 cm³/mol. The van der Waals surface area contributed by atoms with Crippen LogP contribution in [0.1, 0.15) is 49.3 Å². The molecule has 5 heteroatoms. The first kappa shape index (κ1) is 17.7. The zero-order valence-electron chi connectivity index (χ0n) is 14.8. The predicted octanol–water partition coefficient (Wildman–Crippen LogP) is 2.86. The van der Waals surface area contributed by atoms with Crippen molar-refractivity contribution in [2.75, 3.05) is 6.54 Å². The van der Waals surface area contributed by atoms with E-state index in [1.54, 1.807) is 10.9 Å². The summed E-state index contributed by atoms with van der Waals surface area (Å²) in [4.78, 5) is 14.9. The summed E-state index contributed by atoms with van der Waals surface area (Å²) < 4.78 is 1.72. The lowest BCUT2D eigenvalue weighted by molar-refractivity contribution is -0.133. The summed E-state index contributed by atoms with van der Waals surface area (Å²) in [6, 6.07) is 9.83. The molecule has 0 spiro atoms. The zero-order valence-corrected chi connectivity index (χ0v) is 14.8. The fraction of sp³-hybridized carbons (Fsp3) is 0.500. The largest absolute Gasteiger partial charge is 0.388 e. The van der Waals surface area contributed by atoms with Crippen molar-refractivity contribution in [3.63, 3.8) is 0 Å². The fourth-order valence-corrected chi connectivity index (χ4v) is 3.66. The molecule has 3 rings (SSSR count). The van der Waals surface area contributed by atoms with Gasteiger partial charge in [0.25, 0.3) is 0 Å². The smallest absolute Gasteiger partial charge is 0.227 e. The van der Waals surface area contributed by atoms with Crippen LogP contribution in [-0.4, -0.2) is 38.3 Å². The number of nitrogens with zero attached hydrogens (tertiary/aromatic N) is 3. The Morgan fingerprint density at radius 3 is 2.80 bits per heavy atom. The van der Waals surface area contributed by atoms with E-state index in [1.807, 2.05) is 48.5 Å². The molecule has 1 aliphatic rings. The molecule has 0 bridgehead atoms. The third kappa shape index (κ3) is 4.69. The molecule has 0 radical (unpaired) electrons. The lowest BCUT2D eigenvalue weighted by atomic mass is 9.98. The van der Waals surface area contributed by atoms with Crippen LogP contribution < -0.4 is 0 Å². The molecule has 0 unspecified atom stereocenters. The van der Waals surface area contributed by atoms with Gasteiger partial charge in [-0.2, -0.15) is 5.10 Å². The summed E-state index contributed by atoms with van der Waals surface area (Å²) in [5.41, 5.74) is 1.87. The minimum absolute atomic E-state index is 0.0990. The topological polar surface area (TPSA) is 58.4 Å². The molecule has 2 aromatic rings. The van der Waals surface area contributed by atoms with Gasteiger partial charge >= 0.3 is 0 Å². The van der Waals surface area contributed by atoms with Crippen LogP contribution in [0.25, 0.3) is 0 Å². The monoisotopic (exact) mass is 341 g/mol. The van der Waals surface area contributed by atoms with Gasteiger partial charge < -0.3 is 10.0 Å². The van der Waals surface area contributed by atoms with Gasteiger partial charge in [-0.1, -0.05) is 43.2 Å². The molecule has 2 heterocycles. The van der Waals surface area contributed by atoms with Crippen molar-refractivity contribution in [2.24, 2.45) is 7.05 Å². The summed E-state index contributed by atoms with van der Waals surface area (Å²) in [6.45, 7) is 0.783. The van der Waals surface area contributed by atoms with Gasteiger partial charge in [0.15, 0.2) is 0 Å². The number of likely N-dealkylation sites (tertiary alicyclic amines) is 1. The number of hydrogen-bond donors (Lipinski definition) is 1. The van der Waals surface area contributed by atoms with Crippen molar-refractivity contribution < 1.29 is 9.90 Å². The molecule has 1 saturated heterocycles. The first-order valence-electron chi connectivity index (χ1n) is 9.13. The SMILES string of the molecule is Cn1cc(CC(=O)N2CCCCC[C@H]2C[C@H](O)c2ccccc2)cn1. The Hall–Kier alpha value is -2.14. The van der Waals surface area contributed by atoms with Gasteiger partial charge in [0.05, 0.1) is 18.7 Å². The van der Waals surface area contributed by atoms with Crippen LogP contribution in [0.2, 0.25) is 0 Å². The quantitative estimate of drug-likeness (QED) is 0.910. The van der Waals surface area contributed by atoms with E-state index in [-0.39, 0.29) is 11.9 Å². The molecular weight excluding hydrogens is 314 g/mol. The maximum atomic E-state index is 12.9. The Morgan fingerprint density at radius 1 is 1.28 bits per heavy atom. The van der Waals surface area contributed by atoms with Crippen LogP contribution in [0.5, 0.6) is 0 Å². The van der Waals surface area contributed by atoms with Crippen LogP contribution in [0, 0.1) is 0 Å². The molecule has 1 N–H and O–H groups in total. The molecule has 0 aliphatic carbocycles. The Balaban J connectivity index is 1.69. The van der Waals surface area contributed by atoms with Crippen molar-refractivity contribution in [3.05, 3.63) is 53.9 Å². The van der Waals surface area contributed by atoms with E-state index in [4.69, 9.17) is 0 Å². The second-order valence-corrected chi connectivity index (χ2v) is 6.95. The minimum atomic E-state index is -0.530. The summed E-state index contributed by atoms with van der Waals surface area (Å²) in [6.07, 6.45) is 8.36. The number of aliphatic hydroxyl groups is 1. The number of rotatable bonds is 5. The first-order chi connectivity index (χ1) is 12.1. The van der Waals surface area contributed by atoms with Gasteiger partial charge in [-0.25, -0.2) is 0 Å². The highest BCUT2D eigenvalue weighted by atomic mass is 16.3. The standard InChI is InChI=1S/C20H27N3O2/c1-22-15-16(14-21-22)12-20(25)23-11-7-3-6-10-18(23)13-19(24)17-8-4-2-5-9-17/h2,4-5,8-9,14-15,18-19,24H,3,6-7,10-13H2,1H3/t18-,19-/m0/s1. The molecule has 1 aromatic carbocycles. The first-order valence-corrected chi connectivity index (χ1v) is 9.13. The third-order valence-corrected chi connectivity index (χ3v) is 4.99. The molecule has 2 atom stereocenters. The van der Waals surface area contributed by atoms with Crippen molar-refractivity contribution in [1.29, 1.82) is 0 Å². The summed E-state index contributed by atoms with van der Waals surface area (Å²) in [5, 5.41) is 14.8. The third-order valence-electron chi connectivity index (χ3n) is 4.99. The highest BCUT2D eigenvalue weighted by Gasteiger charge is 2.27. The number of carbonyl (C=O) groups excluding carboxylic acids is 1. The number of amides is 1. The van der Waals surface area contributed by atoms with E-state index in [0.717, 1.165) is 43.4 Å². The molecule has 25 heavy (non-hydrogen) atoms. The van der Waals surface area contributed by atoms with E-state index in [0.29, 0.717) is 12.8 Å². The molecule has 0 saturated carbocycles. The number of carbonyl (C=O) groups is 1. The number of benzene rings is 1. The fourth-order valence-electron chi connectivity index (χ4n) is 3.66. The summed E-state index contributed by atoms with van der Waals surface area (Å²) in [7, 11) is 1.86. The average Bonchev–Trinajstić information content (AvgIpc) is 2.88. The molecule has 1 amide bonds. The second-order valence-electron chi connectivity index (χ2n) is 6.95. The van der Waals surface area contributed by atoms with Crippen molar-refractivity contribution >= 4 is 5.91 Å². The molecular formula is C20H27N3O2. The van der Waals surface area contributed by atoms with Gasteiger partial charge in [0.1, 0.15) is 0 Å². The lowest BCUT2D eigenvalue weighted by Crippen LogP contribution is -2.41. The summed E-state index contributed by atoms with van der Waals surface area (Å²) in [5.74, 6) is 0.139. The molecule has 1 fully saturated rings. The Bertz CT molecular complexity index is 683. The van der Waals surface area contributed by atoms with E-state index >= 15 is 0 Å². The van der Waals surface area contributed by atoms with Gasteiger partial charge in [-0.15, -0.1) is 0 Å². The van der Waals surface area contributed by atoms with Gasteiger partial charge in [-0.3, -0.25) is 9.48 Å². The Kier molecular flexibility index (Phi) is 5.87. The van der Waals surface area contributed by atoms with Crippen LogP contribution in [0.4, 0.5) is 0 Å².